The fourth-order valence-corrected chi connectivity index (χ4v) is 2.03. The predicted molar refractivity (Wildman–Crippen MR) is 69.4 cm³/mol. The number of aromatic amines is 1. The van der Waals surface area contributed by atoms with Crippen LogP contribution < -0.4 is 10.5 Å². The quantitative estimate of drug-likeness (QED) is 0.741. The lowest BCUT2D eigenvalue weighted by atomic mass is 10.1. The second-order valence-corrected chi connectivity index (χ2v) is 3.88. The monoisotopic (exact) mass is 243 g/mol. The average molecular weight is 243 g/mol. The van der Waals surface area contributed by atoms with Crippen molar-refractivity contribution < 1.29 is 9.15 Å². The van der Waals surface area contributed by atoms with Gasteiger partial charge in [-0.25, -0.2) is 0 Å². The zero-order valence-electron chi connectivity index (χ0n) is 9.93. The highest BCUT2D eigenvalue weighted by Gasteiger charge is 2.17. The second-order valence-electron chi connectivity index (χ2n) is 3.88. The second kappa shape index (κ2) is 4.10. The minimum atomic E-state index is 0.151. The first-order valence-corrected chi connectivity index (χ1v) is 5.74. The van der Waals surface area contributed by atoms with Gasteiger partial charge >= 0.3 is 0 Å². The Labute approximate surface area is 104 Å². The highest BCUT2D eigenvalue weighted by atomic mass is 16.5. The summed E-state index contributed by atoms with van der Waals surface area (Å²) >= 11 is 0. The Morgan fingerprint density at radius 1 is 1.39 bits per heavy atom. The van der Waals surface area contributed by atoms with E-state index in [1.165, 1.54) is 6.26 Å². The molecule has 0 aliphatic carbocycles. The Hall–Kier alpha value is -2.43. The number of nitrogen functional groups attached to an aromatic ring is 1. The van der Waals surface area contributed by atoms with Crippen molar-refractivity contribution in [1.82, 2.24) is 9.97 Å². The third-order valence-corrected chi connectivity index (χ3v) is 2.74. The number of nitrogens with two attached hydrogens (primary N) is 1. The number of H-pyrrole nitrogens is 1. The molecule has 92 valence electrons. The van der Waals surface area contributed by atoms with Gasteiger partial charge in [0.15, 0.2) is 0 Å². The van der Waals surface area contributed by atoms with Crippen molar-refractivity contribution >= 4 is 16.9 Å². The van der Waals surface area contributed by atoms with E-state index in [2.05, 4.69) is 9.97 Å². The number of hydrogen-bond acceptors (Lipinski definition) is 4. The number of rotatable bonds is 3. The average Bonchev–Trinajstić information content (AvgIpc) is 2.92. The maximum absolute atomic E-state index is 5.61. The summed E-state index contributed by atoms with van der Waals surface area (Å²) in [5.74, 6) is 0.687. The normalized spacial score (nSPS) is 10.9. The van der Waals surface area contributed by atoms with Gasteiger partial charge < -0.3 is 19.9 Å². The number of fused-ring (bicyclic) bond motifs is 1. The van der Waals surface area contributed by atoms with Crippen molar-refractivity contribution in [2.75, 3.05) is 12.3 Å². The number of ether oxygens (including phenoxy) is 1. The van der Waals surface area contributed by atoms with Crippen molar-refractivity contribution in [3.63, 3.8) is 0 Å². The van der Waals surface area contributed by atoms with E-state index in [9.17, 15) is 0 Å². The summed E-state index contributed by atoms with van der Waals surface area (Å²) in [6.07, 6.45) is 1.54. The summed E-state index contributed by atoms with van der Waals surface area (Å²) in [7, 11) is 0. The summed E-state index contributed by atoms with van der Waals surface area (Å²) in [5.41, 5.74) is 8.08. The molecule has 0 saturated heterocycles. The fourth-order valence-electron chi connectivity index (χ4n) is 2.03. The van der Waals surface area contributed by atoms with Crippen LogP contribution in [0.15, 0.2) is 34.9 Å². The number of anilines is 1. The van der Waals surface area contributed by atoms with Crippen molar-refractivity contribution in [2.24, 2.45) is 0 Å². The maximum Gasteiger partial charge on any atom is 0.292 e. The third kappa shape index (κ3) is 1.60. The van der Waals surface area contributed by atoms with Gasteiger partial charge in [0.05, 0.1) is 12.2 Å². The Morgan fingerprint density at radius 3 is 2.94 bits per heavy atom. The molecule has 2 aromatic heterocycles. The first-order valence-electron chi connectivity index (χ1n) is 5.74. The number of benzene rings is 1. The van der Waals surface area contributed by atoms with E-state index in [0.29, 0.717) is 18.2 Å². The van der Waals surface area contributed by atoms with Crippen molar-refractivity contribution in [1.29, 1.82) is 0 Å². The van der Waals surface area contributed by atoms with Crippen molar-refractivity contribution in [2.45, 2.75) is 6.92 Å². The van der Waals surface area contributed by atoms with E-state index in [1.807, 2.05) is 31.2 Å². The molecule has 3 N–H and O–H groups in total. The van der Waals surface area contributed by atoms with Crippen LogP contribution in [-0.4, -0.2) is 16.6 Å². The summed E-state index contributed by atoms with van der Waals surface area (Å²) < 4.78 is 10.7. The molecular weight excluding hydrogens is 230 g/mol. The summed E-state index contributed by atoms with van der Waals surface area (Å²) in [4.78, 5) is 7.39. The van der Waals surface area contributed by atoms with E-state index in [0.717, 1.165) is 16.5 Å². The molecule has 0 atom stereocenters. The molecule has 3 aromatic rings. The zero-order valence-corrected chi connectivity index (χ0v) is 9.93. The summed E-state index contributed by atoms with van der Waals surface area (Å²) in [5, 5.41) is 1.04. The van der Waals surface area contributed by atoms with E-state index in [4.69, 9.17) is 14.9 Å². The van der Waals surface area contributed by atoms with Crippen molar-refractivity contribution in [3.8, 4) is 17.1 Å². The molecule has 0 fully saturated rings. The Morgan fingerprint density at radius 2 is 2.22 bits per heavy atom. The molecule has 3 rings (SSSR count). The van der Waals surface area contributed by atoms with E-state index < -0.39 is 0 Å². The molecule has 0 amide bonds. The highest BCUT2D eigenvalue weighted by Crippen LogP contribution is 2.36. The van der Waals surface area contributed by atoms with Gasteiger partial charge in [0.1, 0.15) is 12.0 Å². The van der Waals surface area contributed by atoms with Crippen LogP contribution in [0.4, 0.5) is 6.01 Å². The third-order valence-electron chi connectivity index (χ3n) is 2.74. The van der Waals surface area contributed by atoms with Gasteiger partial charge in [-0.15, -0.1) is 0 Å². The standard InChI is InChI=1S/C13H13N3O2/c1-2-17-12-11(10-7-18-13(14)16-10)8-5-3-4-6-9(8)15-12/h3-7,15H,2H2,1H3,(H2,14,16). The molecule has 0 bridgehead atoms. The van der Waals surface area contributed by atoms with E-state index >= 15 is 0 Å². The molecule has 5 heteroatoms. The van der Waals surface area contributed by atoms with Crippen LogP contribution in [0.1, 0.15) is 6.92 Å². The number of nitrogens with one attached hydrogen (secondary N) is 1. The van der Waals surface area contributed by atoms with Gasteiger partial charge in [0, 0.05) is 10.9 Å². The van der Waals surface area contributed by atoms with Crippen LogP contribution in [0.3, 0.4) is 0 Å². The molecule has 18 heavy (non-hydrogen) atoms. The largest absolute Gasteiger partial charge is 0.479 e. The predicted octanol–water partition coefficient (Wildman–Crippen LogP) is 2.80. The van der Waals surface area contributed by atoms with Crippen molar-refractivity contribution in [3.05, 3.63) is 30.5 Å². The molecular formula is C13H13N3O2. The minimum absolute atomic E-state index is 0.151. The van der Waals surface area contributed by atoms with E-state index in [1.54, 1.807) is 0 Å². The van der Waals surface area contributed by atoms with Gasteiger partial charge in [-0.05, 0) is 13.0 Å². The van der Waals surface area contributed by atoms with Gasteiger partial charge in [-0.2, -0.15) is 4.98 Å². The Bertz CT molecular complexity index is 684. The molecule has 0 radical (unpaired) electrons. The SMILES string of the molecule is CCOc1[nH]c2ccccc2c1-c1coc(N)n1. The fraction of sp³-hybridized carbons (Fsp3) is 0.154. The maximum atomic E-state index is 5.61. The van der Waals surface area contributed by atoms with Crippen LogP contribution in [0.5, 0.6) is 5.88 Å². The molecule has 2 heterocycles. The highest BCUT2D eigenvalue weighted by molar-refractivity contribution is 5.98. The van der Waals surface area contributed by atoms with Gasteiger partial charge in [0.25, 0.3) is 6.01 Å². The molecule has 0 spiro atoms. The zero-order chi connectivity index (χ0) is 12.5. The van der Waals surface area contributed by atoms with Gasteiger partial charge in [-0.3, -0.25) is 0 Å². The minimum Gasteiger partial charge on any atom is -0.479 e. The van der Waals surface area contributed by atoms with Crippen LogP contribution in [-0.2, 0) is 0 Å². The van der Waals surface area contributed by atoms with Crippen LogP contribution >= 0.6 is 0 Å². The van der Waals surface area contributed by atoms with Gasteiger partial charge in [0.2, 0.25) is 5.88 Å². The first kappa shape index (κ1) is 10.7. The summed E-state index contributed by atoms with van der Waals surface area (Å²) in [6, 6.07) is 8.09. The molecule has 0 unspecified atom stereocenters. The smallest absolute Gasteiger partial charge is 0.292 e. The Kier molecular flexibility index (Phi) is 2.44. The van der Waals surface area contributed by atoms with Gasteiger partial charge in [-0.1, -0.05) is 18.2 Å². The van der Waals surface area contributed by atoms with Crippen LogP contribution in [0, 0.1) is 0 Å². The number of aromatic nitrogens is 2. The number of nitrogens with zero attached hydrogens (tertiary/aromatic N) is 1. The lowest BCUT2D eigenvalue weighted by molar-refractivity contribution is 0.331. The molecule has 1 aromatic carbocycles. The lowest BCUT2D eigenvalue weighted by Gasteiger charge is -2.01. The molecule has 0 saturated carbocycles. The van der Waals surface area contributed by atoms with Crippen LogP contribution in [0.25, 0.3) is 22.2 Å². The number of oxazole rings is 1. The number of hydrogen-bond donors (Lipinski definition) is 2. The molecule has 0 aliphatic rings. The number of para-hydroxylation sites is 1. The Balaban J connectivity index is 2.27. The summed E-state index contributed by atoms with van der Waals surface area (Å²) in [6.45, 7) is 2.51. The van der Waals surface area contributed by atoms with E-state index in [-0.39, 0.29) is 6.01 Å². The lowest BCUT2D eigenvalue weighted by Crippen LogP contribution is -1.93. The topological polar surface area (TPSA) is 77.1 Å². The van der Waals surface area contributed by atoms with Crippen LogP contribution in [0.2, 0.25) is 0 Å². The first-order chi connectivity index (χ1) is 8.79. The molecule has 5 nitrogen and oxygen atoms in total. The molecule has 0 aliphatic heterocycles.